The monoisotopic (exact) mass is 444 g/mol. The first kappa shape index (κ1) is 20.2. The minimum atomic E-state index is 0.507. The molecule has 4 aromatic rings. The molecular formula is C24H28N8O. The first-order valence-electron chi connectivity index (χ1n) is 11.7. The maximum Gasteiger partial charge on any atom is 0.232 e. The topological polar surface area (TPSA) is 96.8 Å². The number of nitrogens with zero attached hydrogens (tertiary/aromatic N) is 6. The molecule has 1 aliphatic carbocycles. The minimum absolute atomic E-state index is 0.507. The lowest BCUT2D eigenvalue weighted by Gasteiger charge is -2.28. The summed E-state index contributed by atoms with van der Waals surface area (Å²) in [4.78, 5) is 17.1. The van der Waals surface area contributed by atoms with Gasteiger partial charge in [0.15, 0.2) is 22.8 Å². The highest BCUT2D eigenvalue weighted by atomic mass is 16.5. The molecule has 1 saturated carbocycles. The van der Waals surface area contributed by atoms with E-state index in [2.05, 4.69) is 51.0 Å². The number of rotatable bonds is 6. The number of H-pyrrole nitrogens is 1. The highest BCUT2D eigenvalue weighted by molar-refractivity contribution is 5.86. The number of aromatic nitrogens is 6. The van der Waals surface area contributed by atoms with Crippen molar-refractivity contribution in [2.24, 2.45) is 5.92 Å². The second-order valence-corrected chi connectivity index (χ2v) is 8.83. The fourth-order valence-electron chi connectivity index (χ4n) is 4.60. The van der Waals surface area contributed by atoms with Crippen molar-refractivity contribution in [3.05, 3.63) is 42.2 Å². The van der Waals surface area contributed by atoms with Crippen LogP contribution in [0.5, 0.6) is 0 Å². The molecule has 1 aliphatic heterocycles. The number of imidazole rings is 1. The summed E-state index contributed by atoms with van der Waals surface area (Å²) in [5, 5.41) is 10.8. The number of hydrogen-bond acceptors (Lipinski definition) is 7. The third-order valence-electron chi connectivity index (χ3n) is 6.58. The summed E-state index contributed by atoms with van der Waals surface area (Å²) < 4.78 is 7.83. The molecule has 6 rings (SSSR count). The van der Waals surface area contributed by atoms with E-state index in [1.165, 1.54) is 6.42 Å². The van der Waals surface area contributed by atoms with E-state index in [-0.39, 0.29) is 0 Å². The molecule has 9 nitrogen and oxygen atoms in total. The minimum Gasteiger partial charge on any atom is -0.378 e. The molecule has 170 valence electrons. The van der Waals surface area contributed by atoms with Gasteiger partial charge in [0.2, 0.25) is 5.95 Å². The highest BCUT2D eigenvalue weighted by Gasteiger charge is 2.39. The van der Waals surface area contributed by atoms with Crippen LogP contribution in [0, 0.1) is 5.92 Å². The van der Waals surface area contributed by atoms with Crippen LogP contribution in [0.15, 0.2) is 36.4 Å². The van der Waals surface area contributed by atoms with Crippen molar-refractivity contribution in [3.8, 4) is 11.3 Å². The second kappa shape index (κ2) is 8.15. The zero-order valence-electron chi connectivity index (χ0n) is 19.0. The molecule has 33 heavy (non-hydrogen) atoms. The van der Waals surface area contributed by atoms with Crippen LogP contribution in [0.2, 0.25) is 0 Å². The lowest BCUT2D eigenvalue weighted by Crippen LogP contribution is -2.37. The lowest BCUT2D eigenvalue weighted by atomic mass is 10.2. The van der Waals surface area contributed by atoms with Gasteiger partial charge in [-0.1, -0.05) is 37.3 Å². The molecular weight excluding hydrogens is 416 g/mol. The first-order valence-corrected chi connectivity index (χ1v) is 11.7. The Balaban J connectivity index is 1.41. The summed E-state index contributed by atoms with van der Waals surface area (Å²) in [6, 6.07) is 12.1. The van der Waals surface area contributed by atoms with Gasteiger partial charge in [0.1, 0.15) is 5.82 Å². The average Bonchev–Trinajstić information content (AvgIpc) is 3.24. The number of aryl methyl sites for hydroxylation is 1. The van der Waals surface area contributed by atoms with Crippen molar-refractivity contribution >= 4 is 28.7 Å². The summed E-state index contributed by atoms with van der Waals surface area (Å²) in [7, 11) is 0. The third kappa shape index (κ3) is 3.72. The number of hydrogen-bond donors (Lipinski definition) is 2. The van der Waals surface area contributed by atoms with Gasteiger partial charge < -0.3 is 19.5 Å². The summed E-state index contributed by atoms with van der Waals surface area (Å²) in [6.45, 7) is 8.23. The van der Waals surface area contributed by atoms with E-state index in [9.17, 15) is 0 Å². The molecule has 0 spiro atoms. The van der Waals surface area contributed by atoms with Gasteiger partial charge in [-0.2, -0.15) is 15.1 Å². The summed E-state index contributed by atoms with van der Waals surface area (Å²) in [5.41, 5.74) is 3.78. The molecule has 2 aliphatic rings. The lowest BCUT2D eigenvalue weighted by molar-refractivity contribution is 0.122. The standard InChI is InChI=1S/C24H28N8O/c1-3-32-21(17-13-15(17)2)26-20-22(31-9-11-33-12-10-31)27-24(28-23(20)32)25-19-14-18(29-30-19)16-7-5-4-6-8-16/h4-8,14-15,17H,3,9-13H2,1-2H3,(H2,25,27,28,29,30)/t15?,17-/m0/s1. The van der Waals surface area contributed by atoms with Crippen molar-refractivity contribution in [1.29, 1.82) is 0 Å². The maximum absolute atomic E-state index is 5.58. The van der Waals surface area contributed by atoms with Crippen LogP contribution in [0.3, 0.4) is 0 Å². The first-order chi connectivity index (χ1) is 16.2. The molecule has 4 heterocycles. The van der Waals surface area contributed by atoms with E-state index in [0.29, 0.717) is 36.8 Å². The van der Waals surface area contributed by atoms with Crippen LogP contribution in [0.1, 0.15) is 32.0 Å². The summed E-state index contributed by atoms with van der Waals surface area (Å²) >= 11 is 0. The van der Waals surface area contributed by atoms with Crippen molar-refractivity contribution < 1.29 is 4.74 Å². The van der Waals surface area contributed by atoms with Gasteiger partial charge in [-0.15, -0.1) is 0 Å². The predicted octanol–water partition coefficient (Wildman–Crippen LogP) is 3.94. The zero-order chi connectivity index (χ0) is 22.4. The van der Waals surface area contributed by atoms with E-state index >= 15 is 0 Å². The molecule has 3 aromatic heterocycles. The molecule has 2 atom stereocenters. The van der Waals surface area contributed by atoms with E-state index in [4.69, 9.17) is 19.7 Å². The van der Waals surface area contributed by atoms with Crippen LogP contribution in [0.4, 0.5) is 17.6 Å². The SMILES string of the molecule is CCn1c([C@H]2CC2C)nc2c(N3CCOCC3)nc(Nc3cc(-c4ccccc4)[nH]n3)nc21. The smallest absolute Gasteiger partial charge is 0.232 e. The predicted molar refractivity (Wildman–Crippen MR) is 128 cm³/mol. The molecule has 0 bridgehead atoms. The van der Waals surface area contributed by atoms with Crippen molar-refractivity contribution in [2.75, 3.05) is 36.5 Å². The molecule has 1 unspecified atom stereocenters. The Labute approximate surface area is 192 Å². The van der Waals surface area contributed by atoms with Gasteiger partial charge in [-0.3, -0.25) is 5.10 Å². The van der Waals surface area contributed by atoms with Crippen molar-refractivity contribution in [1.82, 2.24) is 29.7 Å². The van der Waals surface area contributed by atoms with E-state index < -0.39 is 0 Å². The second-order valence-electron chi connectivity index (χ2n) is 8.83. The Morgan fingerprint density at radius 2 is 1.91 bits per heavy atom. The number of anilines is 3. The molecule has 2 N–H and O–H groups in total. The van der Waals surface area contributed by atoms with Crippen LogP contribution in [-0.4, -0.2) is 56.0 Å². The Morgan fingerprint density at radius 3 is 2.64 bits per heavy atom. The van der Waals surface area contributed by atoms with E-state index in [0.717, 1.165) is 53.7 Å². The van der Waals surface area contributed by atoms with Crippen LogP contribution in [-0.2, 0) is 11.3 Å². The van der Waals surface area contributed by atoms with Gasteiger partial charge in [0.25, 0.3) is 0 Å². The van der Waals surface area contributed by atoms with Crippen LogP contribution >= 0.6 is 0 Å². The Hall–Kier alpha value is -3.46. The number of benzene rings is 1. The summed E-state index contributed by atoms with van der Waals surface area (Å²) in [5.74, 6) is 4.39. The van der Waals surface area contributed by atoms with Gasteiger partial charge in [0, 0.05) is 31.6 Å². The highest BCUT2D eigenvalue weighted by Crippen LogP contribution is 2.47. The fourth-order valence-corrected chi connectivity index (χ4v) is 4.60. The van der Waals surface area contributed by atoms with Crippen molar-refractivity contribution in [3.63, 3.8) is 0 Å². The van der Waals surface area contributed by atoms with E-state index in [1.54, 1.807) is 0 Å². The Kier molecular flexibility index (Phi) is 4.98. The largest absolute Gasteiger partial charge is 0.378 e. The number of aromatic amines is 1. The Morgan fingerprint density at radius 1 is 1.12 bits per heavy atom. The maximum atomic E-state index is 5.58. The van der Waals surface area contributed by atoms with Gasteiger partial charge in [-0.25, -0.2) is 4.98 Å². The number of morpholine rings is 1. The fraction of sp³-hybridized carbons (Fsp3) is 0.417. The number of fused-ring (bicyclic) bond motifs is 1. The third-order valence-corrected chi connectivity index (χ3v) is 6.58. The number of nitrogens with one attached hydrogen (secondary N) is 2. The van der Waals surface area contributed by atoms with E-state index in [1.807, 2.05) is 24.3 Å². The Bertz CT molecular complexity index is 1270. The van der Waals surface area contributed by atoms with Crippen LogP contribution < -0.4 is 10.2 Å². The molecule has 1 aromatic carbocycles. The van der Waals surface area contributed by atoms with Crippen molar-refractivity contribution in [2.45, 2.75) is 32.7 Å². The summed E-state index contributed by atoms with van der Waals surface area (Å²) in [6.07, 6.45) is 1.18. The van der Waals surface area contributed by atoms with Gasteiger partial charge in [0.05, 0.1) is 18.9 Å². The molecule has 0 amide bonds. The average molecular weight is 445 g/mol. The molecule has 9 heteroatoms. The van der Waals surface area contributed by atoms with Gasteiger partial charge >= 0.3 is 0 Å². The quantitative estimate of drug-likeness (QED) is 0.465. The van der Waals surface area contributed by atoms with Gasteiger partial charge in [-0.05, 0) is 24.8 Å². The zero-order valence-corrected chi connectivity index (χ0v) is 19.0. The van der Waals surface area contributed by atoms with Crippen LogP contribution in [0.25, 0.3) is 22.4 Å². The number of ether oxygens (including phenoxy) is 1. The molecule has 1 saturated heterocycles. The molecule has 2 fully saturated rings. The normalized spacial score (nSPS) is 20.4. The molecule has 0 radical (unpaired) electrons.